The maximum atomic E-state index is 13.1. The molecule has 0 fully saturated rings. The van der Waals surface area contributed by atoms with Gasteiger partial charge in [0.1, 0.15) is 5.75 Å². The first-order valence-corrected chi connectivity index (χ1v) is 8.88. The van der Waals surface area contributed by atoms with Gasteiger partial charge < -0.3 is 10.1 Å². The monoisotopic (exact) mass is 414 g/mol. The summed E-state index contributed by atoms with van der Waals surface area (Å²) in [6, 6.07) is 7.17. The predicted molar refractivity (Wildman–Crippen MR) is 104 cm³/mol. The SMILES string of the molecule is COc1c(C)cc(CN(C)CC(=O)Nc2ccc(Cl)cc2C(F)(F)F)cc1C. The molecule has 0 aromatic heterocycles. The number of nitrogens with zero attached hydrogens (tertiary/aromatic N) is 1. The predicted octanol–water partition coefficient (Wildman–Crippen LogP) is 5.05. The van der Waals surface area contributed by atoms with E-state index in [0.29, 0.717) is 6.54 Å². The van der Waals surface area contributed by atoms with Crippen LogP contribution in [0, 0.1) is 13.8 Å². The minimum Gasteiger partial charge on any atom is -0.496 e. The van der Waals surface area contributed by atoms with Gasteiger partial charge in [-0.3, -0.25) is 9.69 Å². The lowest BCUT2D eigenvalue weighted by atomic mass is 10.1. The summed E-state index contributed by atoms with van der Waals surface area (Å²) in [5.74, 6) is 0.267. The molecule has 0 aliphatic carbocycles. The third kappa shape index (κ3) is 5.62. The molecule has 1 N–H and O–H groups in total. The van der Waals surface area contributed by atoms with Crippen LogP contribution in [0.2, 0.25) is 5.02 Å². The number of nitrogens with one attached hydrogen (secondary N) is 1. The van der Waals surface area contributed by atoms with E-state index >= 15 is 0 Å². The van der Waals surface area contributed by atoms with Gasteiger partial charge in [-0.1, -0.05) is 23.7 Å². The van der Waals surface area contributed by atoms with E-state index in [4.69, 9.17) is 16.3 Å². The number of hydrogen-bond acceptors (Lipinski definition) is 3. The van der Waals surface area contributed by atoms with Gasteiger partial charge in [0.25, 0.3) is 0 Å². The van der Waals surface area contributed by atoms with Crippen LogP contribution in [0.1, 0.15) is 22.3 Å². The van der Waals surface area contributed by atoms with E-state index in [2.05, 4.69) is 5.32 Å². The van der Waals surface area contributed by atoms with Crippen molar-refractivity contribution in [2.45, 2.75) is 26.6 Å². The van der Waals surface area contributed by atoms with E-state index in [-0.39, 0.29) is 17.3 Å². The molecular formula is C20H22ClF3N2O2. The average Bonchev–Trinajstić information content (AvgIpc) is 2.55. The number of aryl methyl sites for hydroxylation is 2. The quantitative estimate of drug-likeness (QED) is 0.718. The van der Waals surface area contributed by atoms with Crippen LogP contribution in [0.15, 0.2) is 30.3 Å². The number of methoxy groups -OCH3 is 1. The summed E-state index contributed by atoms with van der Waals surface area (Å²) in [5.41, 5.74) is 1.65. The Hall–Kier alpha value is -2.25. The number of amides is 1. The number of halogens is 4. The number of alkyl halides is 3. The highest BCUT2D eigenvalue weighted by Gasteiger charge is 2.34. The average molecular weight is 415 g/mol. The minimum atomic E-state index is -4.61. The highest BCUT2D eigenvalue weighted by Crippen LogP contribution is 2.36. The van der Waals surface area contributed by atoms with Gasteiger partial charge >= 0.3 is 6.18 Å². The zero-order valence-corrected chi connectivity index (χ0v) is 16.8. The summed E-state index contributed by atoms with van der Waals surface area (Å²) in [5, 5.41) is 2.27. The van der Waals surface area contributed by atoms with Gasteiger partial charge in [-0.2, -0.15) is 13.2 Å². The molecule has 0 saturated carbocycles. The topological polar surface area (TPSA) is 41.6 Å². The van der Waals surface area contributed by atoms with E-state index in [1.165, 1.54) is 6.07 Å². The molecule has 0 saturated heterocycles. The molecule has 2 aromatic rings. The fraction of sp³-hybridized carbons (Fsp3) is 0.350. The van der Waals surface area contributed by atoms with E-state index in [9.17, 15) is 18.0 Å². The molecule has 8 heteroatoms. The summed E-state index contributed by atoms with van der Waals surface area (Å²) < 4.78 is 44.7. The Morgan fingerprint density at radius 2 is 1.79 bits per heavy atom. The van der Waals surface area contributed by atoms with Crippen LogP contribution in [-0.4, -0.2) is 31.5 Å². The highest BCUT2D eigenvalue weighted by molar-refractivity contribution is 6.30. The first-order chi connectivity index (χ1) is 13.0. The second kappa shape index (κ2) is 8.84. The molecule has 28 heavy (non-hydrogen) atoms. The summed E-state index contributed by atoms with van der Waals surface area (Å²) in [6.45, 7) is 4.26. The van der Waals surface area contributed by atoms with Gasteiger partial charge in [0.05, 0.1) is 24.9 Å². The Bertz CT molecular complexity index is 846. The Labute approximate surface area is 167 Å². The number of carbonyl (C=O) groups is 1. The molecule has 152 valence electrons. The fourth-order valence-corrected chi connectivity index (χ4v) is 3.29. The minimum absolute atomic E-state index is 0.0484. The Kier molecular flexibility index (Phi) is 6.96. The van der Waals surface area contributed by atoms with Crippen molar-refractivity contribution >= 4 is 23.2 Å². The van der Waals surface area contributed by atoms with Crippen molar-refractivity contribution in [2.24, 2.45) is 0 Å². The smallest absolute Gasteiger partial charge is 0.418 e. The summed E-state index contributed by atoms with van der Waals surface area (Å²) in [7, 11) is 3.33. The lowest BCUT2D eigenvalue weighted by Crippen LogP contribution is -2.30. The van der Waals surface area contributed by atoms with Gasteiger partial charge in [-0.15, -0.1) is 0 Å². The van der Waals surface area contributed by atoms with E-state index in [1.807, 2.05) is 26.0 Å². The summed E-state index contributed by atoms with van der Waals surface area (Å²) in [6.07, 6.45) is -4.61. The number of carbonyl (C=O) groups excluding carboxylic acids is 1. The number of rotatable bonds is 6. The van der Waals surface area contributed by atoms with Crippen molar-refractivity contribution in [1.82, 2.24) is 4.90 Å². The Balaban J connectivity index is 2.06. The zero-order valence-electron chi connectivity index (χ0n) is 16.1. The van der Waals surface area contributed by atoms with Gasteiger partial charge in [0, 0.05) is 11.6 Å². The normalized spacial score (nSPS) is 11.6. The van der Waals surface area contributed by atoms with Crippen LogP contribution in [0.4, 0.5) is 18.9 Å². The Morgan fingerprint density at radius 1 is 1.18 bits per heavy atom. The number of likely N-dealkylation sites (N-methyl/N-ethyl adjacent to an activating group) is 1. The molecule has 0 radical (unpaired) electrons. The molecule has 0 aliphatic rings. The maximum absolute atomic E-state index is 13.1. The Morgan fingerprint density at radius 3 is 2.32 bits per heavy atom. The van der Waals surface area contributed by atoms with E-state index < -0.39 is 17.6 Å². The number of benzene rings is 2. The molecule has 0 bridgehead atoms. The van der Waals surface area contributed by atoms with Crippen molar-refractivity contribution < 1.29 is 22.7 Å². The third-order valence-electron chi connectivity index (χ3n) is 4.15. The van der Waals surface area contributed by atoms with Crippen LogP contribution in [0.25, 0.3) is 0 Å². The zero-order chi connectivity index (χ0) is 21.1. The lowest BCUT2D eigenvalue weighted by Gasteiger charge is -2.19. The third-order valence-corrected chi connectivity index (χ3v) is 4.39. The van der Waals surface area contributed by atoms with Gasteiger partial charge in [-0.25, -0.2) is 0 Å². The number of hydrogen-bond donors (Lipinski definition) is 1. The molecule has 0 unspecified atom stereocenters. The molecule has 1 amide bonds. The van der Waals surface area contributed by atoms with Crippen molar-refractivity contribution in [3.8, 4) is 5.75 Å². The second-order valence-electron chi connectivity index (χ2n) is 6.67. The second-order valence-corrected chi connectivity index (χ2v) is 7.11. The fourth-order valence-electron chi connectivity index (χ4n) is 3.12. The first-order valence-electron chi connectivity index (χ1n) is 8.50. The van der Waals surface area contributed by atoms with Crippen molar-refractivity contribution in [1.29, 1.82) is 0 Å². The van der Waals surface area contributed by atoms with Crippen LogP contribution >= 0.6 is 11.6 Å². The molecule has 0 aliphatic heterocycles. The van der Waals surface area contributed by atoms with Crippen LogP contribution < -0.4 is 10.1 Å². The molecule has 2 rings (SSSR count). The first kappa shape index (κ1) is 22.0. The maximum Gasteiger partial charge on any atom is 0.418 e. The number of ether oxygens (including phenoxy) is 1. The van der Waals surface area contributed by atoms with E-state index in [1.54, 1.807) is 19.1 Å². The van der Waals surface area contributed by atoms with E-state index in [0.717, 1.165) is 34.6 Å². The van der Waals surface area contributed by atoms with Gasteiger partial charge in [-0.05, 0) is 55.8 Å². The van der Waals surface area contributed by atoms with Gasteiger partial charge in [0.15, 0.2) is 0 Å². The number of anilines is 1. The molecule has 0 spiro atoms. The molecule has 4 nitrogen and oxygen atoms in total. The van der Waals surface area contributed by atoms with Crippen molar-refractivity contribution in [2.75, 3.05) is 26.0 Å². The molecule has 0 atom stereocenters. The highest BCUT2D eigenvalue weighted by atomic mass is 35.5. The standard InChI is InChI=1S/C20H22ClF3N2O2/c1-12-7-14(8-13(2)19(12)28-4)10-26(3)11-18(27)25-17-6-5-15(21)9-16(17)20(22,23)24/h5-9H,10-11H2,1-4H3,(H,25,27). The van der Waals surface area contributed by atoms with Crippen LogP contribution in [-0.2, 0) is 17.5 Å². The van der Waals surface area contributed by atoms with Crippen molar-refractivity contribution in [3.05, 3.63) is 57.6 Å². The molecular weight excluding hydrogens is 393 g/mol. The lowest BCUT2D eigenvalue weighted by molar-refractivity contribution is -0.137. The molecule has 2 aromatic carbocycles. The van der Waals surface area contributed by atoms with Crippen molar-refractivity contribution in [3.63, 3.8) is 0 Å². The van der Waals surface area contributed by atoms with Crippen LogP contribution in [0.3, 0.4) is 0 Å². The van der Waals surface area contributed by atoms with Crippen LogP contribution in [0.5, 0.6) is 5.75 Å². The summed E-state index contributed by atoms with van der Waals surface area (Å²) >= 11 is 5.65. The summed E-state index contributed by atoms with van der Waals surface area (Å²) in [4.78, 5) is 14.0. The van der Waals surface area contributed by atoms with Gasteiger partial charge in [0.2, 0.25) is 5.91 Å². The molecule has 0 heterocycles. The largest absolute Gasteiger partial charge is 0.496 e.